The number of Topliss-reactive ketones (excluding diaryl/α,β-unsaturated/α-hetero) is 1. The molecule has 0 fully saturated rings. The zero-order chi connectivity index (χ0) is 16.2. The molecule has 5 heteroatoms. The van der Waals surface area contributed by atoms with E-state index in [2.05, 4.69) is 10.3 Å². The number of aromatic nitrogens is 1. The molecule has 1 aromatic rings. The molecule has 0 atom stereocenters. The maximum Gasteiger partial charge on any atom is 0.268 e. The van der Waals surface area contributed by atoms with E-state index in [1.807, 2.05) is 13.8 Å². The Bertz CT molecular complexity index is 520. The fourth-order valence-corrected chi connectivity index (χ4v) is 2.64. The summed E-state index contributed by atoms with van der Waals surface area (Å²) in [4.78, 5) is 26.9. The number of aliphatic hydroxyl groups is 1. The molecule has 1 amide bonds. The quantitative estimate of drug-likeness (QED) is 0.675. The number of hydrogen-bond acceptors (Lipinski definition) is 3. The minimum absolute atomic E-state index is 0.0434. The molecule has 0 spiro atoms. The summed E-state index contributed by atoms with van der Waals surface area (Å²) in [6.45, 7) is 9.53. The van der Waals surface area contributed by atoms with Gasteiger partial charge >= 0.3 is 0 Å². The lowest BCUT2D eigenvalue weighted by Crippen LogP contribution is -2.39. The number of H-pyrrole nitrogens is 1. The van der Waals surface area contributed by atoms with Crippen molar-refractivity contribution in [3.63, 3.8) is 0 Å². The highest BCUT2D eigenvalue weighted by Crippen LogP contribution is 2.25. The van der Waals surface area contributed by atoms with E-state index in [4.69, 9.17) is 0 Å². The first-order valence-electron chi connectivity index (χ1n) is 7.41. The summed E-state index contributed by atoms with van der Waals surface area (Å²) in [5.74, 6) is -0.282. The predicted octanol–water partition coefficient (Wildman–Crippen LogP) is 2.36. The molecule has 1 rings (SSSR count). The number of nitrogens with one attached hydrogen (secondary N) is 2. The minimum atomic E-state index is -0.283. The fourth-order valence-electron chi connectivity index (χ4n) is 2.64. The molecule has 0 saturated heterocycles. The van der Waals surface area contributed by atoms with E-state index in [0.29, 0.717) is 29.1 Å². The van der Waals surface area contributed by atoms with E-state index in [1.165, 1.54) is 6.92 Å². The van der Waals surface area contributed by atoms with Crippen molar-refractivity contribution in [1.29, 1.82) is 0 Å². The second-order valence-corrected chi connectivity index (χ2v) is 5.73. The van der Waals surface area contributed by atoms with Gasteiger partial charge in [0, 0.05) is 23.2 Å². The first-order chi connectivity index (χ1) is 9.81. The van der Waals surface area contributed by atoms with Crippen molar-refractivity contribution in [2.24, 2.45) is 5.41 Å². The van der Waals surface area contributed by atoms with Gasteiger partial charge in [0.15, 0.2) is 5.78 Å². The molecule has 0 bridgehead atoms. The average molecular weight is 294 g/mol. The summed E-state index contributed by atoms with van der Waals surface area (Å²) in [6.07, 6.45) is 1.59. The summed E-state index contributed by atoms with van der Waals surface area (Å²) in [5, 5.41) is 12.4. The second-order valence-electron chi connectivity index (χ2n) is 5.73. The fraction of sp³-hybridized carbons (Fsp3) is 0.625. The number of aromatic amines is 1. The Morgan fingerprint density at radius 2 is 1.81 bits per heavy atom. The van der Waals surface area contributed by atoms with Gasteiger partial charge in [-0.15, -0.1) is 0 Å². The van der Waals surface area contributed by atoms with Gasteiger partial charge in [-0.05, 0) is 39.2 Å². The maximum atomic E-state index is 12.3. The third kappa shape index (κ3) is 3.53. The largest absolute Gasteiger partial charge is 0.396 e. The Kier molecular flexibility index (Phi) is 5.72. The molecular weight excluding hydrogens is 268 g/mol. The molecule has 118 valence electrons. The number of hydrogen-bond donors (Lipinski definition) is 3. The molecule has 1 aromatic heterocycles. The van der Waals surface area contributed by atoms with Gasteiger partial charge in [-0.2, -0.15) is 0 Å². The second kappa shape index (κ2) is 6.89. The lowest BCUT2D eigenvalue weighted by Gasteiger charge is -2.29. The highest BCUT2D eigenvalue weighted by Gasteiger charge is 2.27. The summed E-state index contributed by atoms with van der Waals surface area (Å²) in [7, 11) is 0. The minimum Gasteiger partial charge on any atom is -0.396 e. The first kappa shape index (κ1) is 17.4. The van der Waals surface area contributed by atoms with Crippen LogP contribution in [0.25, 0.3) is 0 Å². The van der Waals surface area contributed by atoms with Crippen molar-refractivity contribution >= 4 is 11.7 Å². The normalized spacial score (nSPS) is 11.5. The highest BCUT2D eigenvalue weighted by molar-refractivity contribution is 6.02. The van der Waals surface area contributed by atoms with Crippen molar-refractivity contribution < 1.29 is 14.7 Å². The van der Waals surface area contributed by atoms with Gasteiger partial charge < -0.3 is 15.4 Å². The lowest BCUT2D eigenvalue weighted by atomic mass is 9.83. The van der Waals surface area contributed by atoms with Crippen LogP contribution in [0.5, 0.6) is 0 Å². The summed E-state index contributed by atoms with van der Waals surface area (Å²) in [6, 6.07) is 0. The van der Waals surface area contributed by atoms with Crippen LogP contribution in [-0.2, 0) is 0 Å². The third-order valence-electron chi connectivity index (χ3n) is 4.48. The van der Waals surface area contributed by atoms with E-state index in [9.17, 15) is 14.7 Å². The Morgan fingerprint density at radius 1 is 1.24 bits per heavy atom. The van der Waals surface area contributed by atoms with Crippen LogP contribution >= 0.6 is 0 Å². The zero-order valence-electron chi connectivity index (χ0n) is 13.6. The Morgan fingerprint density at radius 3 is 2.19 bits per heavy atom. The SMILES string of the molecule is CCC(CC)(CO)CNC(=O)c1[nH]c(C)c(C(C)=O)c1C. The molecule has 0 radical (unpaired) electrons. The Labute approximate surface area is 126 Å². The van der Waals surface area contributed by atoms with Crippen LogP contribution in [0.3, 0.4) is 0 Å². The number of carbonyl (C=O) groups is 2. The smallest absolute Gasteiger partial charge is 0.268 e. The molecule has 3 N–H and O–H groups in total. The molecule has 21 heavy (non-hydrogen) atoms. The van der Waals surface area contributed by atoms with Gasteiger partial charge in [0.2, 0.25) is 0 Å². The van der Waals surface area contributed by atoms with Crippen LogP contribution < -0.4 is 5.32 Å². The average Bonchev–Trinajstić information content (AvgIpc) is 2.76. The summed E-state index contributed by atoms with van der Waals surface area (Å²) in [5.41, 5.74) is 2.12. The molecule has 5 nitrogen and oxygen atoms in total. The number of carbonyl (C=O) groups excluding carboxylic acids is 2. The summed E-state index contributed by atoms with van der Waals surface area (Å²) < 4.78 is 0. The van der Waals surface area contributed by atoms with Crippen molar-refractivity contribution in [1.82, 2.24) is 10.3 Å². The molecule has 0 aliphatic heterocycles. The third-order valence-corrected chi connectivity index (χ3v) is 4.48. The maximum absolute atomic E-state index is 12.3. The Balaban J connectivity index is 2.91. The Hall–Kier alpha value is -1.62. The van der Waals surface area contributed by atoms with E-state index in [1.54, 1.807) is 13.8 Å². The number of ketones is 1. The zero-order valence-corrected chi connectivity index (χ0v) is 13.6. The van der Waals surface area contributed by atoms with Crippen LogP contribution in [0.1, 0.15) is 65.7 Å². The van der Waals surface area contributed by atoms with Gasteiger partial charge in [-0.1, -0.05) is 13.8 Å². The number of amides is 1. The van der Waals surface area contributed by atoms with Crippen LogP contribution in [0.4, 0.5) is 0 Å². The van der Waals surface area contributed by atoms with Crippen molar-refractivity contribution in [2.45, 2.75) is 47.5 Å². The van der Waals surface area contributed by atoms with Crippen LogP contribution in [0.2, 0.25) is 0 Å². The van der Waals surface area contributed by atoms with Gasteiger partial charge in [-0.25, -0.2) is 0 Å². The van der Waals surface area contributed by atoms with Crippen molar-refractivity contribution in [3.8, 4) is 0 Å². The molecule has 1 heterocycles. The van der Waals surface area contributed by atoms with Crippen molar-refractivity contribution in [3.05, 3.63) is 22.5 Å². The van der Waals surface area contributed by atoms with Crippen LogP contribution in [0.15, 0.2) is 0 Å². The molecule has 0 saturated carbocycles. The standard InChI is InChI=1S/C16H26N2O3/c1-6-16(7-2,9-19)8-17-15(21)14-10(3)13(12(5)20)11(4)18-14/h18-19H,6-9H2,1-5H3,(H,17,21). The van der Waals surface area contributed by atoms with E-state index >= 15 is 0 Å². The van der Waals surface area contributed by atoms with Crippen LogP contribution in [0, 0.1) is 19.3 Å². The highest BCUT2D eigenvalue weighted by atomic mass is 16.3. The van der Waals surface area contributed by atoms with Gasteiger partial charge in [0.1, 0.15) is 5.69 Å². The topological polar surface area (TPSA) is 82.2 Å². The molecule has 0 aliphatic carbocycles. The number of rotatable bonds is 7. The van der Waals surface area contributed by atoms with E-state index in [0.717, 1.165) is 12.8 Å². The predicted molar refractivity (Wildman–Crippen MR) is 82.7 cm³/mol. The molecule has 0 aliphatic rings. The molecule has 0 aromatic carbocycles. The van der Waals surface area contributed by atoms with Gasteiger partial charge in [0.05, 0.1) is 6.61 Å². The van der Waals surface area contributed by atoms with Gasteiger partial charge in [0.25, 0.3) is 5.91 Å². The monoisotopic (exact) mass is 294 g/mol. The summed E-state index contributed by atoms with van der Waals surface area (Å²) >= 11 is 0. The molecular formula is C16H26N2O3. The van der Waals surface area contributed by atoms with E-state index < -0.39 is 0 Å². The number of aliphatic hydroxyl groups excluding tert-OH is 1. The first-order valence-corrected chi connectivity index (χ1v) is 7.41. The lowest BCUT2D eigenvalue weighted by molar-refractivity contribution is 0.0846. The van der Waals surface area contributed by atoms with E-state index in [-0.39, 0.29) is 23.7 Å². The number of aryl methyl sites for hydroxylation is 1. The van der Waals surface area contributed by atoms with Crippen LogP contribution in [-0.4, -0.2) is 34.9 Å². The van der Waals surface area contributed by atoms with Gasteiger partial charge in [-0.3, -0.25) is 9.59 Å². The van der Waals surface area contributed by atoms with Crippen molar-refractivity contribution in [2.75, 3.05) is 13.2 Å². The molecule has 0 unspecified atom stereocenters.